The fourth-order valence-electron chi connectivity index (χ4n) is 2.05. The summed E-state index contributed by atoms with van der Waals surface area (Å²) in [4.78, 5) is 47.3. The number of amides is 2. The summed E-state index contributed by atoms with van der Waals surface area (Å²) in [5, 5.41) is 11.6. The minimum atomic E-state index is -1.33. The largest absolute Gasteiger partial charge is 0.478 e. The van der Waals surface area contributed by atoms with E-state index in [1.165, 1.54) is 7.05 Å². The van der Waals surface area contributed by atoms with Gasteiger partial charge in [0, 0.05) is 26.4 Å². The predicted molar refractivity (Wildman–Crippen MR) is 94.9 cm³/mol. The summed E-state index contributed by atoms with van der Waals surface area (Å²) in [7, 11) is 1.39. The molecule has 0 spiro atoms. The summed E-state index contributed by atoms with van der Waals surface area (Å²) in [6, 6.07) is 8.79. The van der Waals surface area contributed by atoms with Crippen LogP contribution in [0.1, 0.15) is 18.9 Å². The highest BCUT2D eigenvalue weighted by atomic mass is 16.6. The van der Waals surface area contributed by atoms with Crippen LogP contribution in [0.2, 0.25) is 0 Å². The molecule has 0 saturated heterocycles. The van der Waals surface area contributed by atoms with Gasteiger partial charge in [-0.2, -0.15) is 0 Å². The Morgan fingerprint density at radius 1 is 1.19 bits per heavy atom. The molecule has 148 valence electrons. The molecular formula is C18H24N2O7. The number of benzene rings is 1. The van der Waals surface area contributed by atoms with Crippen molar-refractivity contribution in [2.45, 2.75) is 25.9 Å². The molecule has 0 radical (unpaired) electrons. The van der Waals surface area contributed by atoms with Gasteiger partial charge < -0.3 is 24.8 Å². The number of rotatable bonds is 10. The number of carbonyl (C=O) groups is 4. The molecule has 0 aromatic heterocycles. The standard InChI is InChI=1S/C18H24N2O7/c1-3-26-16(22)12-19-15(21)9-10-20(2)18(25)27-14(17(23)24)11-13-7-5-4-6-8-13/h4-8,14H,3,9-12H2,1-2H3,(H,19,21)(H,23,24)/t14-/m0/s1. The van der Waals surface area contributed by atoms with Gasteiger partial charge >= 0.3 is 18.0 Å². The normalized spacial score (nSPS) is 11.2. The molecule has 9 nitrogen and oxygen atoms in total. The van der Waals surface area contributed by atoms with Gasteiger partial charge in [-0.15, -0.1) is 0 Å². The van der Waals surface area contributed by atoms with Crippen LogP contribution in [0.25, 0.3) is 0 Å². The van der Waals surface area contributed by atoms with E-state index in [-0.39, 0.29) is 32.5 Å². The molecule has 0 saturated carbocycles. The first kappa shape index (κ1) is 21.9. The van der Waals surface area contributed by atoms with Crippen molar-refractivity contribution in [3.05, 3.63) is 35.9 Å². The van der Waals surface area contributed by atoms with Gasteiger partial charge in [0.15, 0.2) is 0 Å². The first-order valence-electron chi connectivity index (χ1n) is 8.44. The van der Waals surface area contributed by atoms with Crippen LogP contribution in [0.5, 0.6) is 0 Å². The lowest BCUT2D eigenvalue weighted by atomic mass is 10.1. The Morgan fingerprint density at radius 3 is 2.44 bits per heavy atom. The van der Waals surface area contributed by atoms with Gasteiger partial charge in [-0.05, 0) is 12.5 Å². The fourth-order valence-corrected chi connectivity index (χ4v) is 2.05. The molecular weight excluding hydrogens is 356 g/mol. The molecule has 0 fully saturated rings. The zero-order valence-electron chi connectivity index (χ0n) is 15.3. The maximum atomic E-state index is 12.0. The lowest BCUT2D eigenvalue weighted by molar-refractivity contribution is -0.147. The van der Waals surface area contributed by atoms with Gasteiger partial charge in [-0.25, -0.2) is 9.59 Å². The Hall–Kier alpha value is -3.10. The fraction of sp³-hybridized carbons (Fsp3) is 0.444. The number of esters is 1. The molecule has 2 amide bonds. The zero-order chi connectivity index (χ0) is 20.2. The summed E-state index contributed by atoms with van der Waals surface area (Å²) in [6.45, 7) is 1.63. The van der Waals surface area contributed by atoms with Crippen LogP contribution in [0.4, 0.5) is 4.79 Å². The molecule has 2 N–H and O–H groups in total. The Balaban J connectivity index is 2.43. The smallest absolute Gasteiger partial charge is 0.410 e. The molecule has 1 aromatic carbocycles. The van der Waals surface area contributed by atoms with E-state index in [1.54, 1.807) is 37.3 Å². The van der Waals surface area contributed by atoms with Crippen molar-refractivity contribution < 1.29 is 33.8 Å². The van der Waals surface area contributed by atoms with Crippen molar-refractivity contribution in [2.24, 2.45) is 0 Å². The number of nitrogens with one attached hydrogen (secondary N) is 1. The molecule has 1 atom stereocenters. The van der Waals surface area contributed by atoms with Crippen LogP contribution in [0.3, 0.4) is 0 Å². The number of hydrogen-bond donors (Lipinski definition) is 2. The van der Waals surface area contributed by atoms with E-state index in [2.05, 4.69) is 10.1 Å². The summed E-state index contributed by atoms with van der Waals surface area (Å²) >= 11 is 0. The molecule has 0 unspecified atom stereocenters. The monoisotopic (exact) mass is 380 g/mol. The summed E-state index contributed by atoms with van der Waals surface area (Å²) in [5.74, 6) is -2.25. The number of carbonyl (C=O) groups excluding carboxylic acids is 3. The van der Waals surface area contributed by atoms with E-state index < -0.39 is 30.0 Å². The molecule has 1 aromatic rings. The number of ether oxygens (including phenoxy) is 2. The maximum Gasteiger partial charge on any atom is 0.410 e. The first-order chi connectivity index (χ1) is 12.8. The van der Waals surface area contributed by atoms with Crippen LogP contribution in [0, 0.1) is 0 Å². The van der Waals surface area contributed by atoms with Crippen molar-refractivity contribution in [3.63, 3.8) is 0 Å². The second-order valence-electron chi connectivity index (χ2n) is 5.65. The maximum absolute atomic E-state index is 12.0. The minimum absolute atomic E-state index is 0.00513. The zero-order valence-corrected chi connectivity index (χ0v) is 15.3. The van der Waals surface area contributed by atoms with Crippen molar-refractivity contribution in [2.75, 3.05) is 26.7 Å². The van der Waals surface area contributed by atoms with Gasteiger partial charge in [0.25, 0.3) is 0 Å². The Bertz CT molecular complexity index is 648. The van der Waals surface area contributed by atoms with Crippen LogP contribution in [-0.4, -0.2) is 66.8 Å². The minimum Gasteiger partial charge on any atom is -0.478 e. The number of carboxylic acid groups (broad SMARTS) is 1. The predicted octanol–water partition coefficient (Wildman–Crippen LogP) is 0.820. The second-order valence-corrected chi connectivity index (χ2v) is 5.65. The van der Waals surface area contributed by atoms with E-state index >= 15 is 0 Å². The van der Waals surface area contributed by atoms with Gasteiger partial charge in [-0.3, -0.25) is 9.59 Å². The van der Waals surface area contributed by atoms with Gasteiger partial charge in [-0.1, -0.05) is 30.3 Å². The highest BCUT2D eigenvalue weighted by Gasteiger charge is 2.24. The molecule has 0 aliphatic carbocycles. The Morgan fingerprint density at radius 2 is 1.85 bits per heavy atom. The van der Waals surface area contributed by atoms with Crippen LogP contribution in [-0.2, 0) is 30.3 Å². The first-order valence-corrected chi connectivity index (χ1v) is 8.44. The highest BCUT2D eigenvalue weighted by molar-refractivity contribution is 5.82. The van der Waals surface area contributed by atoms with Crippen molar-refractivity contribution in [3.8, 4) is 0 Å². The highest BCUT2D eigenvalue weighted by Crippen LogP contribution is 2.08. The third-order valence-electron chi connectivity index (χ3n) is 3.50. The molecule has 0 aliphatic rings. The van der Waals surface area contributed by atoms with Crippen LogP contribution in [0.15, 0.2) is 30.3 Å². The molecule has 27 heavy (non-hydrogen) atoms. The topological polar surface area (TPSA) is 122 Å². The van der Waals surface area contributed by atoms with Crippen molar-refractivity contribution in [1.29, 1.82) is 0 Å². The lowest BCUT2D eigenvalue weighted by Crippen LogP contribution is -2.38. The average Bonchev–Trinajstić information content (AvgIpc) is 2.64. The van der Waals surface area contributed by atoms with E-state index in [4.69, 9.17) is 4.74 Å². The molecule has 0 bridgehead atoms. The quantitative estimate of drug-likeness (QED) is 0.576. The number of nitrogens with zero attached hydrogens (tertiary/aromatic N) is 1. The summed E-state index contributed by atoms with van der Waals surface area (Å²) in [6.07, 6.45) is -2.21. The Labute approximate surface area is 157 Å². The second kappa shape index (κ2) is 11.5. The van der Waals surface area contributed by atoms with Crippen molar-refractivity contribution in [1.82, 2.24) is 10.2 Å². The SMILES string of the molecule is CCOC(=O)CNC(=O)CCN(C)C(=O)O[C@@H](Cc1ccccc1)C(=O)O. The Kier molecular flexibility index (Phi) is 9.35. The van der Waals surface area contributed by atoms with E-state index in [0.29, 0.717) is 0 Å². The van der Waals surface area contributed by atoms with E-state index in [9.17, 15) is 24.3 Å². The van der Waals surface area contributed by atoms with Gasteiger partial charge in [0.05, 0.1) is 6.61 Å². The van der Waals surface area contributed by atoms with E-state index in [0.717, 1.165) is 10.5 Å². The molecule has 0 heterocycles. The number of aliphatic carboxylic acids is 1. The lowest BCUT2D eigenvalue weighted by Gasteiger charge is -2.20. The van der Waals surface area contributed by atoms with Gasteiger partial charge in [0.2, 0.25) is 12.0 Å². The van der Waals surface area contributed by atoms with Crippen LogP contribution < -0.4 is 5.32 Å². The average molecular weight is 380 g/mol. The molecule has 0 aliphatic heterocycles. The molecule has 1 rings (SSSR count). The molecule has 9 heteroatoms. The third kappa shape index (κ3) is 8.70. The van der Waals surface area contributed by atoms with Gasteiger partial charge in [0.1, 0.15) is 6.54 Å². The number of hydrogen-bond acceptors (Lipinski definition) is 6. The number of carboxylic acids is 1. The summed E-state index contributed by atoms with van der Waals surface area (Å²) < 4.78 is 9.70. The third-order valence-corrected chi connectivity index (χ3v) is 3.50. The van der Waals surface area contributed by atoms with Crippen molar-refractivity contribution >= 4 is 23.9 Å². The van der Waals surface area contributed by atoms with E-state index in [1.807, 2.05) is 0 Å². The summed E-state index contributed by atoms with van der Waals surface area (Å²) in [5.41, 5.74) is 0.721. The van der Waals surface area contributed by atoms with Crippen LogP contribution >= 0.6 is 0 Å².